The molecule has 0 aliphatic carbocycles. The summed E-state index contributed by atoms with van der Waals surface area (Å²) >= 11 is 1.73. The van der Waals surface area contributed by atoms with Crippen LogP contribution in [0.4, 0.5) is 0 Å². The lowest BCUT2D eigenvalue weighted by Crippen LogP contribution is -2.51. The summed E-state index contributed by atoms with van der Waals surface area (Å²) in [4.78, 5) is 14.0. The highest BCUT2D eigenvalue weighted by Gasteiger charge is 2.26. The van der Waals surface area contributed by atoms with Crippen molar-refractivity contribution in [1.29, 1.82) is 0 Å². The molecule has 1 aliphatic heterocycles. The molecule has 0 radical (unpaired) electrons. The minimum Gasteiger partial charge on any atom is -0.375 e. The van der Waals surface area contributed by atoms with Gasteiger partial charge in [0.25, 0.3) is 0 Å². The van der Waals surface area contributed by atoms with Gasteiger partial charge in [-0.1, -0.05) is 13.3 Å². The third-order valence-corrected chi connectivity index (χ3v) is 3.66. The molecule has 108 valence electrons. The summed E-state index contributed by atoms with van der Waals surface area (Å²) in [5, 5.41) is 0. The zero-order chi connectivity index (χ0) is 12.7. The fraction of sp³-hybridized carbons (Fsp3) is 0.917. The van der Waals surface area contributed by atoms with Gasteiger partial charge in [0.05, 0.1) is 18.8 Å². The highest BCUT2D eigenvalue weighted by molar-refractivity contribution is 7.98. The first-order chi connectivity index (χ1) is 8.19. The lowest BCUT2D eigenvalue weighted by Gasteiger charge is -2.34. The number of ether oxygens (including phenoxy) is 1. The third-order valence-electron chi connectivity index (χ3n) is 3.01. The van der Waals surface area contributed by atoms with E-state index in [1.165, 1.54) is 0 Å². The summed E-state index contributed by atoms with van der Waals surface area (Å²) in [6.45, 7) is 4.17. The Bertz CT molecular complexity index is 242. The van der Waals surface area contributed by atoms with Gasteiger partial charge in [-0.05, 0) is 24.9 Å². The van der Waals surface area contributed by atoms with Crippen LogP contribution in [0.5, 0.6) is 0 Å². The Hall–Kier alpha value is 0.0300. The van der Waals surface area contributed by atoms with Crippen molar-refractivity contribution in [3.8, 4) is 0 Å². The van der Waals surface area contributed by atoms with E-state index in [0.717, 1.165) is 25.0 Å². The molecule has 18 heavy (non-hydrogen) atoms. The minimum absolute atomic E-state index is 0. The van der Waals surface area contributed by atoms with E-state index < -0.39 is 0 Å². The molecule has 0 saturated carbocycles. The first kappa shape index (κ1) is 18.0. The maximum atomic E-state index is 12.1. The lowest BCUT2D eigenvalue weighted by molar-refractivity contribution is -0.140. The second-order valence-corrected chi connectivity index (χ2v) is 5.44. The fourth-order valence-electron chi connectivity index (χ4n) is 2.02. The lowest BCUT2D eigenvalue weighted by atomic mass is 10.1. The Balaban J connectivity index is 0.00000289. The Morgan fingerprint density at radius 1 is 1.61 bits per heavy atom. The van der Waals surface area contributed by atoms with Gasteiger partial charge in [0.15, 0.2) is 0 Å². The van der Waals surface area contributed by atoms with Gasteiger partial charge in [-0.25, -0.2) is 0 Å². The number of hydrogen-bond acceptors (Lipinski definition) is 4. The van der Waals surface area contributed by atoms with Crippen molar-refractivity contribution in [3.63, 3.8) is 0 Å². The number of thioether (sulfide) groups is 1. The molecule has 1 unspecified atom stereocenters. The first-order valence-corrected chi connectivity index (χ1v) is 7.73. The predicted molar refractivity (Wildman–Crippen MR) is 79.5 cm³/mol. The van der Waals surface area contributed by atoms with Gasteiger partial charge in [-0.15, -0.1) is 12.4 Å². The molecular weight excluding hydrogens is 272 g/mol. The Labute approximate surface area is 120 Å². The molecule has 0 aromatic rings. The highest BCUT2D eigenvalue weighted by Crippen LogP contribution is 2.12. The third kappa shape index (κ3) is 5.78. The molecule has 2 N–H and O–H groups in total. The quantitative estimate of drug-likeness (QED) is 0.807. The van der Waals surface area contributed by atoms with Gasteiger partial charge >= 0.3 is 0 Å². The van der Waals surface area contributed by atoms with Crippen LogP contribution in [0.2, 0.25) is 0 Å². The second kappa shape index (κ2) is 9.89. The molecule has 1 rings (SSSR count). The molecule has 4 nitrogen and oxygen atoms in total. The molecule has 0 bridgehead atoms. The molecule has 6 heteroatoms. The van der Waals surface area contributed by atoms with Crippen LogP contribution in [0.3, 0.4) is 0 Å². The van der Waals surface area contributed by atoms with E-state index >= 15 is 0 Å². The average molecular weight is 297 g/mol. The number of nitrogens with two attached hydrogens (primary N) is 1. The number of morpholine rings is 1. The zero-order valence-electron chi connectivity index (χ0n) is 11.3. The summed E-state index contributed by atoms with van der Waals surface area (Å²) in [6.07, 6.45) is 5.10. The molecule has 1 saturated heterocycles. The van der Waals surface area contributed by atoms with E-state index in [0.29, 0.717) is 19.7 Å². The van der Waals surface area contributed by atoms with E-state index in [4.69, 9.17) is 10.5 Å². The number of carbonyl (C=O) groups excluding carboxylic acids is 1. The van der Waals surface area contributed by atoms with E-state index in [1.54, 1.807) is 11.8 Å². The summed E-state index contributed by atoms with van der Waals surface area (Å²) in [5.74, 6) is 1.03. The minimum atomic E-state index is -0.345. The normalized spacial score (nSPS) is 21.3. The van der Waals surface area contributed by atoms with E-state index in [-0.39, 0.29) is 30.5 Å². The van der Waals surface area contributed by atoms with Gasteiger partial charge in [-0.2, -0.15) is 11.8 Å². The van der Waals surface area contributed by atoms with E-state index in [9.17, 15) is 4.79 Å². The predicted octanol–water partition coefficient (Wildman–Crippen LogP) is 1.52. The molecule has 1 fully saturated rings. The Morgan fingerprint density at radius 2 is 2.33 bits per heavy atom. The van der Waals surface area contributed by atoms with Crippen LogP contribution >= 0.6 is 24.2 Å². The van der Waals surface area contributed by atoms with Crippen LogP contribution in [0.15, 0.2) is 0 Å². The van der Waals surface area contributed by atoms with Crippen molar-refractivity contribution in [3.05, 3.63) is 0 Å². The van der Waals surface area contributed by atoms with E-state index in [1.807, 2.05) is 11.2 Å². The molecule has 1 aliphatic rings. The van der Waals surface area contributed by atoms with Crippen LogP contribution in [0.1, 0.15) is 26.2 Å². The molecule has 0 aromatic heterocycles. The van der Waals surface area contributed by atoms with Crippen molar-refractivity contribution < 1.29 is 9.53 Å². The van der Waals surface area contributed by atoms with E-state index in [2.05, 4.69) is 6.92 Å². The van der Waals surface area contributed by atoms with Crippen LogP contribution in [-0.4, -0.2) is 54.7 Å². The van der Waals surface area contributed by atoms with Gasteiger partial charge in [0, 0.05) is 13.1 Å². The van der Waals surface area contributed by atoms with Crippen LogP contribution in [0, 0.1) is 0 Å². The van der Waals surface area contributed by atoms with Crippen molar-refractivity contribution in [2.45, 2.75) is 38.3 Å². The average Bonchev–Trinajstić information content (AvgIpc) is 2.35. The van der Waals surface area contributed by atoms with Crippen molar-refractivity contribution in [1.82, 2.24) is 4.90 Å². The Kier molecular flexibility index (Phi) is 9.91. The topological polar surface area (TPSA) is 55.6 Å². The summed E-state index contributed by atoms with van der Waals surface area (Å²) in [7, 11) is 0. The summed E-state index contributed by atoms with van der Waals surface area (Å²) in [6, 6.07) is -0.345. The second-order valence-electron chi connectivity index (χ2n) is 4.45. The number of carbonyl (C=O) groups is 1. The Morgan fingerprint density at radius 3 is 2.94 bits per heavy atom. The van der Waals surface area contributed by atoms with Gasteiger partial charge in [0.2, 0.25) is 5.91 Å². The molecule has 0 aromatic carbocycles. The maximum absolute atomic E-state index is 12.1. The molecule has 2 atom stereocenters. The molecular formula is C12H25ClN2O2S. The number of nitrogens with zero attached hydrogens (tertiary/aromatic N) is 1. The van der Waals surface area contributed by atoms with Crippen molar-refractivity contribution in [2.24, 2.45) is 5.73 Å². The highest BCUT2D eigenvalue weighted by atomic mass is 35.5. The van der Waals surface area contributed by atoms with Gasteiger partial charge in [0.1, 0.15) is 0 Å². The van der Waals surface area contributed by atoms with Crippen LogP contribution < -0.4 is 5.73 Å². The van der Waals surface area contributed by atoms with Crippen LogP contribution in [0.25, 0.3) is 0 Å². The summed E-state index contributed by atoms with van der Waals surface area (Å²) in [5.41, 5.74) is 5.91. The van der Waals surface area contributed by atoms with Gasteiger partial charge in [-0.3, -0.25) is 4.79 Å². The van der Waals surface area contributed by atoms with Gasteiger partial charge < -0.3 is 15.4 Å². The zero-order valence-corrected chi connectivity index (χ0v) is 12.9. The molecule has 0 spiro atoms. The van der Waals surface area contributed by atoms with Crippen molar-refractivity contribution >= 4 is 30.1 Å². The summed E-state index contributed by atoms with van der Waals surface area (Å²) < 4.78 is 5.62. The monoisotopic (exact) mass is 296 g/mol. The van der Waals surface area contributed by atoms with Crippen molar-refractivity contribution in [2.75, 3.05) is 31.7 Å². The number of amides is 1. The largest absolute Gasteiger partial charge is 0.375 e. The standard InChI is InChI=1S/C12H24N2O2S.ClH/c1-3-4-10-9-14(6-7-16-10)12(15)11(13)5-8-17-2;/h10-11H,3-9,13H2,1-2H3;1H/t10?,11-;/m0./s1. The molecule has 1 amide bonds. The number of hydrogen-bond donors (Lipinski definition) is 1. The van der Waals surface area contributed by atoms with Crippen LogP contribution in [-0.2, 0) is 9.53 Å². The first-order valence-electron chi connectivity index (χ1n) is 6.34. The number of rotatable bonds is 6. The smallest absolute Gasteiger partial charge is 0.239 e. The SMILES string of the molecule is CCCC1CN(C(=O)[C@@H](N)CCSC)CCO1.Cl. The molecule has 1 heterocycles. The number of halogens is 1. The fourth-order valence-corrected chi connectivity index (χ4v) is 2.51. The maximum Gasteiger partial charge on any atom is 0.239 e.